The number of aromatic nitrogens is 4. The summed E-state index contributed by atoms with van der Waals surface area (Å²) in [6.45, 7) is 2.73. The van der Waals surface area contributed by atoms with Crippen LogP contribution in [0.3, 0.4) is 0 Å². The Bertz CT molecular complexity index is 933. The van der Waals surface area contributed by atoms with Crippen LogP contribution < -0.4 is 5.32 Å². The molecule has 0 spiro atoms. The van der Waals surface area contributed by atoms with Gasteiger partial charge in [-0.2, -0.15) is 0 Å². The predicted molar refractivity (Wildman–Crippen MR) is 99.3 cm³/mol. The van der Waals surface area contributed by atoms with E-state index in [0.29, 0.717) is 17.5 Å². The number of anilines is 1. The number of hydrogen-bond donors (Lipinski definition) is 1. The minimum Gasteiger partial charge on any atom is -0.323 e. The number of rotatable bonds is 7. The second-order valence-electron chi connectivity index (χ2n) is 5.65. The van der Waals surface area contributed by atoms with Gasteiger partial charge in [0.15, 0.2) is 11.0 Å². The molecule has 0 fully saturated rings. The van der Waals surface area contributed by atoms with E-state index in [-0.39, 0.29) is 11.4 Å². The van der Waals surface area contributed by atoms with Crippen molar-refractivity contribution in [1.29, 1.82) is 0 Å². The molecule has 140 valence electrons. The minimum absolute atomic E-state index is 0.0228. The fraction of sp³-hybridized carbons (Fsp3) is 0.222. The molecule has 1 N–H and O–H groups in total. The Hall–Kier alpha value is -2.81. The van der Waals surface area contributed by atoms with Crippen LogP contribution in [-0.2, 0) is 11.3 Å². The highest BCUT2D eigenvalue weighted by atomic mass is 32.2. The van der Waals surface area contributed by atoms with Gasteiger partial charge in [0.1, 0.15) is 11.6 Å². The molecule has 1 aromatic carbocycles. The molecular weight excluding hydrogens is 372 g/mol. The Morgan fingerprint density at radius 1 is 1.19 bits per heavy atom. The molecule has 0 radical (unpaired) electrons. The average molecular weight is 389 g/mol. The van der Waals surface area contributed by atoms with Crippen molar-refractivity contribution in [1.82, 2.24) is 19.7 Å². The molecule has 0 atom stereocenters. The van der Waals surface area contributed by atoms with Crippen molar-refractivity contribution in [3.05, 3.63) is 54.4 Å². The second kappa shape index (κ2) is 8.72. The summed E-state index contributed by atoms with van der Waals surface area (Å²) < 4.78 is 28.5. The van der Waals surface area contributed by atoms with Crippen LogP contribution in [0, 0.1) is 11.6 Å². The van der Waals surface area contributed by atoms with E-state index in [1.807, 2.05) is 23.6 Å². The highest BCUT2D eigenvalue weighted by molar-refractivity contribution is 7.99. The first-order chi connectivity index (χ1) is 13.1. The Morgan fingerprint density at radius 3 is 2.67 bits per heavy atom. The third-order valence-electron chi connectivity index (χ3n) is 3.64. The third-order valence-corrected chi connectivity index (χ3v) is 4.61. The molecule has 0 aliphatic carbocycles. The van der Waals surface area contributed by atoms with Gasteiger partial charge in [-0.15, -0.1) is 10.2 Å². The molecule has 2 heterocycles. The Labute approximate surface area is 159 Å². The molecule has 0 bridgehead atoms. The lowest BCUT2D eigenvalue weighted by Crippen LogP contribution is -2.15. The zero-order valence-corrected chi connectivity index (χ0v) is 15.3. The minimum atomic E-state index is -0.817. The van der Waals surface area contributed by atoms with Crippen molar-refractivity contribution in [2.24, 2.45) is 0 Å². The molecule has 0 aliphatic rings. The van der Waals surface area contributed by atoms with Crippen LogP contribution in [0.5, 0.6) is 0 Å². The summed E-state index contributed by atoms with van der Waals surface area (Å²) in [5, 5.41) is 11.4. The normalized spacial score (nSPS) is 10.8. The smallest absolute Gasteiger partial charge is 0.234 e. The number of nitrogens with one attached hydrogen (secondary N) is 1. The Morgan fingerprint density at radius 2 is 1.96 bits per heavy atom. The number of pyridine rings is 1. The molecule has 0 saturated carbocycles. The summed E-state index contributed by atoms with van der Waals surface area (Å²) in [7, 11) is 0. The van der Waals surface area contributed by atoms with Crippen LogP contribution in [-0.4, -0.2) is 31.4 Å². The third kappa shape index (κ3) is 4.68. The topological polar surface area (TPSA) is 72.7 Å². The van der Waals surface area contributed by atoms with Crippen molar-refractivity contribution in [2.45, 2.75) is 25.0 Å². The summed E-state index contributed by atoms with van der Waals surface area (Å²) >= 11 is 1.20. The highest BCUT2D eigenvalue weighted by Gasteiger charge is 2.16. The van der Waals surface area contributed by atoms with Gasteiger partial charge >= 0.3 is 0 Å². The number of carbonyl (C=O) groups excluding carboxylic acids is 1. The lowest BCUT2D eigenvalue weighted by molar-refractivity contribution is -0.113. The van der Waals surface area contributed by atoms with E-state index in [1.54, 1.807) is 12.4 Å². The Balaban J connectivity index is 1.70. The van der Waals surface area contributed by atoms with Gasteiger partial charge in [0, 0.05) is 30.6 Å². The largest absolute Gasteiger partial charge is 0.323 e. The van der Waals surface area contributed by atoms with E-state index in [1.165, 1.54) is 17.8 Å². The number of benzene rings is 1. The zero-order chi connectivity index (χ0) is 19.2. The maximum atomic E-state index is 13.6. The van der Waals surface area contributed by atoms with E-state index in [2.05, 4.69) is 20.5 Å². The lowest BCUT2D eigenvalue weighted by Gasteiger charge is -2.09. The second-order valence-corrected chi connectivity index (χ2v) is 6.60. The SMILES string of the molecule is CCCn1c(SCC(=O)Nc2ccc(F)cc2F)nnc1-c1ccncc1. The van der Waals surface area contributed by atoms with E-state index in [0.717, 1.165) is 24.1 Å². The molecule has 9 heteroatoms. The van der Waals surface area contributed by atoms with Gasteiger partial charge in [-0.05, 0) is 30.7 Å². The monoisotopic (exact) mass is 389 g/mol. The number of halogens is 2. The zero-order valence-electron chi connectivity index (χ0n) is 14.5. The van der Waals surface area contributed by atoms with Crippen molar-refractivity contribution >= 4 is 23.4 Å². The maximum Gasteiger partial charge on any atom is 0.234 e. The van der Waals surface area contributed by atoms with E-state index in [9.17, 15) is 13.6 Å². The highest BCUT2D eigenvalue weighted by Crippen LogP contribution is 2.24. The molecule has 2 aromatic heterocycles. The van der Waals surface area contributed by atoms with Gasteiger partial charge in [0.2, 0.25) is 5.91 Å². The van der Waals surface area contributed by atoms with Gasteiger partial charge in [0.25, 0.3) is 0 Å². The standard InChI is InChI=1S/C18H17F2N5OS/c1-2-9-25-17(12-5-7-21-8-6-12)23-24-18(25)27-11-16(26)22-15-4-3-13(19)10-14(15)20/h3-8,10H,2,9,11H2,1H3,(H,22,26). The van der Waals surface area contributed by atoms with E-state index in [4.69, 9.17) is 0 Å². The van der Waals surface area contributed by atoms with Gasteiger partial charge in [-0.3, -0.25) is 9.78 Å². The molecule has 27 heavy (non-hydrogen) atoms. The van der Waals surface area contributed by atoms with Gasteiger partial charge < -0.3 is 9.88 Å². The van der Waals surface area contributed by atoms with E-state index < -0.39 is 17.5 Å². The first-order valence-corrected chi connectivity index (χ1v) is 9.28. The first kappa shape index (κ1) is 19.0. The number of nitrogens with zero attached hydrogens (tertiary/aromatic N) is 4. The van der Waals surface area contributed by atoms with E-state index >= 15 is 0 Å². The summed E-state index contributed by atoms with van der Waals surface area (Å²) in [5.74, 6) is -1.21. The van der Waals surface area contributed by atoms with Crippen LogP contribution in [0.2, 0.25) is 0 Å². The fourth-order valence-corrected chi connectivity index (χ4v) is 3.21. The number of amides is 1. The molecule has 3 rings (SSSR count). The van der Waals surface area contributed by atoms with Crippen LogP contribution in [0.15, 0.2) is 47.9 Å². The predicted octanol–water partition coefficient (Wildman–Crippen LogP) is 3.76. The van der Waals surface area contributed by atoms with Gasteiger partial charge in [-0.1, -0.05) is 18.7 Å². The van der Waals surface area contributed by atoms with Crippen molar-refractivity contribution < 1.29 is 13.6 Å². The summed E-state index contributed by atoms with van der Waals surface area (Å²) in [6.07, 6.45) is 4.23. The van der Waals surface area contributed by atoms with Gasteiger partial charge in [0.05, 0.1) is 11.4 Å². The first-order valence-electron chi connectivity index (χ1n) is 8.29. The lowest BCUT2D eigenvalue weighted by atomic mass is 10.2. The molecule has 0 aliphatic heterocycles. The molecule has 6 nitrogen and oxygen atoms in total. The maximum absolute atomic E-state index is 13.6. The molecule has 0 unspecified atom stereocenters. The van der Waals surface area contributed by atoms with Crippen molar-refractivity contribution in [3.63, 3.8) is 0 Å². The van der Waals surface area contributed by atoms with Crippen LogP contribution in [0.4, 0.5) is 14.5 Å². The average Bonchev–Trinajstić information content (AvgIpc) is 3.06. The Kier molecular flexibility index (Phi) is 6.12. The molecule has 0 saturated heterocycles. The molecule has 3 aromatic rings. The quantitative estimate of drug-likeness (QED) is 0.623. The van der Waals surface area contributed by atoms with Crippen molar-refractivity contribution in [3.8, 4) is 11.4 Å². The van der Waals surface area contributed by atoms with Crippen LogP contribution in [0.25, 0.3) is 11.4 Å². The van der Waals surface area contributed by atoms with Crippen LogP contribution in [0.1, 0.15) is 13.3 Å². The number of carbonyl (C=O) groups is 1. The summed E-state index contributed by atoms with van der Waals surface area (Å²) in [4.78, 5) is 16.1. The number of thioether (sulfide) groups is 1. The summed E-state index contributed by atoms with van der Waals surface area (Å²) in [5.41, 5.74) is 0.824. The van der Waals surface area contributed by atoms with Crippen LogP contribution >= 0.6 is 11.8 Å². The number of hydrogen-bond acceptors (Lipinski definition) is 5. The van der Waals surface area contributed by atoms with Crippen molar-refractivity contribution in [2.75, 3.05) is 11.1 Å². The summed E-state index contributed by atoms with van der Waals surface area (Å²) in [6, 6.07) is 6.68. The fourth-order valence-electron chi connectivity index (χ4n) is 2.44. The van der Waals surface area contributed by atoms with Gasteiger partial charge in [-0.25, -0.2) is 8.78 Å². The molecular formula is C18H17F2N5OS. The molecule has 1 amide bonds.